The highest BCUT2D eigenvalue weighted by Crippen LogP contribution is 2.54. The molecule has 0 spiro atoms. The van der Waals surface area contributed by atoms with E-state index in [1.165, 1.54) is 24.3 Å². The Kier molecular flexibility index (Phi) is 3.70. The van der Waals surface area contributed by atoms with Gasteiger partial charge in [0.05, 0.1) is 16.1 Å². The Morgan fingerprint density at radius 1 is 1.00 bits per heavy atom. The zero-order valence-electron chi connectivity index (χ0n) is 11.4. The first-order valence-corrected chi connectivity index (χ1v) is 8.62. The lowest BCUT2D eigenvalue weighted by Crippen LogP contribution is -2.13. The standard InChI is InChI=1S/C16H13ClO4S/c17-11-6-8-12(9-7-11)22(20,21)15-13(14(15)16(18)19)10-4-2-1-3-5-10/h1-9,13-15H,(H,18,19)/t13-,14+,15+/m0/s1. The molecule has 0 radical (unpaired) electrons. The third-order valence-corrected chi connectivity index (χ3v) is 6.41. The second kappa shape index (κ2) is 5.41. The van der Waals surface area contributed by atoms with Crippen LogP contribution >= 0.6 is 11.6 Å². The van der Waals surface area contributed by atoms with Crippen LogP contribution in [-0.2, 0) is 14.6 Å². The number of hydrogen-bond donors (Lipinski definition) is 1. The maximum Gasteiger partial charge on any atom is 0.308 e. The van der Waals surface area contributed by atoms with E-state index in [0.717, 1.165) is 5.56 Å². The Labute approximate surface area is 133 Å². The Balaban J connectivity index is 1.99. The Morgan fingerprint density at radius 2 is 1.59 bits per heavy atom. The molecule has 6 heteroatoms. The molecule has 4 nitrogen and oxygen atoms in total. The van der Waals surface area contributed by atoms with Gasteiger partial charge in [-0.05, 0) is 29.8 Å². The van der Waals surface area contributed by atoms with Crippen molar-refractivity contribution in [1.29, 1.82) is 0 Å². The Bertz CT molecular complexity index is 800. The first-order valence-electron chi connectivity index (χ1n) is 6.70. The molecular formula is C16H13ClO4S. The summed E-state index contributed by atoms with van der Waals surface area (Å²) in [7, 11) is -3.71. The fourth-order valence-corrected chi connectivity index (χ4v) is 5.07. The van der Waals surface area contributed by atoms with Gasteiger partial charge >= 0.3 is 5.97 Å². The summed E-state index contributed by atoms with van der Waals surface area (Å²) in [6, 6.07) is 14.7. The Hall–Kier alpha value is -1.85. The summed E-state index contributed by atoms with van der Waals surface area (Å²) < 4.78 is 25.4. The molecule has 3 atom stereocenters. The van der Waals surface area contributed by atoms with Crippen molar-refractivity contribution >= 4 is 27.4 Å². The van der Waals surface area contributed by atoms with Crippen molar-refractivity contribution in [3.8, 4) is 0 Å². The van der Waals surface area contributed by atoms with Crippen LogP contribution in [0.5, 0.6) is 0 Å². The highest BCUT2D eigenvalue weighted by Gasteiger charge is 2.63. The van der Waals surface area contributed by atoms with Gasteiger partial charge in [-0.3, -0.25) is 4.79 Å². The lowest BCUT2D eigenvalue weighted by atomic mass is 10.1. The number of aliphatic carboxylic acids is 1. The number of carboxylic acids is 1. The molecule has 1 aliphatic carbocycles. The fourth-order valence-electron chi connectivity index (χ4n) is 2.82. The monoisotopic (exact) mass is 336 g/mol. The minimum Gasteiger partial charge on any atom is -0.481 e. The molecule has 1 saturated carbocycles. The van der Waals surface area contributed by atoms with E-state index < -0.39 is 32.9 Å². The number of benzene rings is 2. The molecule has 0 bridgehead atoms. The zero-order chi connectivity index (χ0) is 15.9. The van der Waals surface area contributed by atoms with E-state index >= 15 is 0 Å². The summed E-state index contributed by atoms with van der Waals surface area (Å²) in [4.78, 5) is 11.5. The molecule has 2 aromatic rings. The van der Waals surface area contributed by atoms with E-state index in [4.69, 9.17) is 11.6 Å². The maximum absolute atomic E-state index is 12.7. The molecule has 0 aromatic heterocycles. The first kappa shape index (κ1) is 15.1. The number of sulfone groups is 1. The number of hydrogen-bond acceptors (Lipinski definition) is 3. The summed E-state index contributed by atoms with van der Waals surface area (Å²) in [5.74, 6) is -2.51. The van der Waals surface area contributed by atoms with Crippen LogP contribution in [0.15, 0.2) is 59.5 Å². The number of rotatable bonds is 4. The summed E-state index contributed by atoms with van der Waals surface area (Å²) >= 11 is 5.77. The molecule has 0 aliphatic heterocycles. The first-order chi connectivity index (χ1) is 10.4. The van der Waals surface area contributed by atoms with Crippen LogP contribution in [0.25, 0.3) is 0 Å². The zero-order valence-corrected chi connectivity index (χ0v) is 13.0. The molecule has 0 heterocycles. The number of carbonyl (C=O) groups is 1. The quantitative estimate of drug-likeness (QED) is 0.931. The number of carboxylic acid groups (broad SMARTS) is 1. The average Bonchev–Trinajstić information content (AvgIpc) is 3.25. The predicted octanol–water partition coefficient (Wildman–Crippen LogP) is 2.98. The summed E-state index contributed by atoms with van der Waals surface area (Å²) in [6.45, 7) is 0. The van der Waals surface area contributed by atoms with E-state index in [1.54, 1.807) is 24.3 Å². The number of halogens is 1. The lowest BCUT2D eigenvalue weighted by molar-refractivity contribution is -0.138. The topological polar surface area (TPSA) is 71.4 Å². The molecule has 1 N–H and O–H groups in total. The summed E-state index contributed by atoms with van der Waals surface area (Å²) in [6.07, 6.45) is 0. The van der Waals surface area contributed by atoms with Crippen molar-refractivity contribution in [2.45, 2.75) is 16.1 Å². The third-order valence-electron chi connectivity index (χ3n) is 3.92. The van der Waals surface area contributed by atoms with Crippen molar-refractivity contribution in [1.82, 2.24) is 0 Å². The van der Waals surface area contributed by atoms with Crippen LogP contribution in [-0.4, -0.2) is 24.7 Å². The van der Waals surface area contributed by atoms with Crippen molar-refractivity contribution in [2.24, 2.45) is 5.92 Å². The van der Waals surface area contributed by atoms with Crippen molar-refractivity contribution in [2.75, 3.05) is 0 Å². The van der Waals surface area contributed by atoms with Gasteiger partial charge in [0.2, 0.25) is 0 Å². The van der Waals surface area contributed by atoms with E-state index in [9.17, 15) is 18.3 Å². The maximum atomic E-state index is 12.7. The molecule has 0 amide bonds. The fraction of sp³-hybridized carbons (Fsp3) is 0.188. The molecule has 0 unspecified atom stereocenters. The molecule has 3 rings (SSSR count). The van der Waals surface area contributed by atoms with E-state index in [0.29, 0.717) is 5.02 Å². The van der Waals surface area contributed by atoms with Crippen LogP contribution in [0.2, 0.25) is 5.02 Å². The van der Waals surface area contributed by atoms with Gasteiger partial charge in [0, 0.05) is 10.9 Å². The van der Waals surface area contributed by atoms with Gasteiger partial charge in [-0.25, -0.2) is 8.42 Å². The largest absolute Gasteiger partial charge is 0.481 e. The predicted molar refractivity (Wildman–Crippen MR) is 82.7 cm³/mol. The van der Waals surface area contributed by atoms with Crippen molar-refractivity contribution < 1.29 is 18.3 Å². The van der Waals surface area contributed by atoms with Gasteiger partial charge in [0.15, 0.2) is 9.84 Å². The molecule has 1 fully saturated rings. The second-order valence-corrected chi connectivity index (χ2v) is 7.81. The second-order valence-electron chi connectivity index (χ2n) is 5.26. The van der Waals surface area contributed by atoms with Crippen LogP contribution in [0.3, 0.4) is 0 Å². The average molecular weight is 337 g/mol. The van der Waals surface area contributed by atoms with E-state index in [-0.39, 0.29) is 4.90 Å². The van der Waals surface area contributed by atoms with E-state index in [2.05, 4.69) is 0 Å². The minimum atomic E-state index is -3.71. The Morgan fingerprint density at radius 3 is 2.14 bits per heavy atom. The smallest absolute Gasteiger partial charge is 0.308 e. The molecule has 1 aliphatic rings. The summed E-state index contributed by atoms with van der Waals surface area (Å²) in [5, 5.41) is 8.82. The third kappa shape index (κ3) is 2.51. The molecule has 0 saturated heterocycles. The molecule has 114 valence electrons. The van der Waals surface area contributed by atoms with Crippen LogP contribution < -0.4 is 0 Å². The molecule has 2 aromatic carbocycles. The minimum absolute atomic E-state index is 0.103. The van der Waals surface area contributed by atoms with Crippen molar-refractivity contribution in [3.05, 3.63) is 65.2 Å². The van der Waals surface area contributed by atoms with Gasteiger partial charge in [-0.15, -0.1) is 0 Å². The SMILES string of the molecule is O=C(O)[C@@H]1[C@H](c2ccccc2)[C@H]1S(=O)(=O)c1ccc(Cl)cc1. The molecular weight excluding hydrogens is 324 g/mol. The van der Waals surface area contributed by atoms with Crippen LogP contribution in [0.1, 0.15) is 11.5 Å². The van der Waals surface area contributed by atoms with Gasteiger partial charge in [0.25, 0.3) is 0 Å². The van der Waals surface area contributed by atoms with Gasteiger partial charge in [-0.2, -0.15) is 0 Å². The normalized spacial score (nSPS) is 24.0. The molecule has 22 heavy (non-hydrogen) atoms. The van der Waals surface area contributed by atoms with Gasteiger partial charge in [0.1, 0.15) is 0 Å². The van der Waals surface area contributed by atoms with Crippen LogP contribution in [0.4, 0.5) is 0 Å². The highest BCUT2D eigenvalue weighted by atomic mass is 35.5. The van der Waals surface area contributed by atoms with Gasteiger partial charge < -0.3 is 5.11 Å². The van der Waals surface area contributed by atoms with Gasteiger partial charge in [-0.1, -0.05) is 41.9 Å². The lowest BCUT2D eigenvalue weighted by Gasteiger charge is -2.04. The van der Waals surface area contributed by atoms with Crippen molar-refractivity contribution in [3.63, 3.8) is 0 Å². The summed E-state index contributed by atoms with van der Waals surface area (Å²) in [5.41, 5.74) is 0.734. The highest BCUT2D eigenvalue weighted by molar-refractivity contribution is 7.92. The van der Waals surface area contributed by atoms with E-state index in [1.807, 2.05) is 6.07 Å². The van der Waals surface area contributed by atoms with Crippen LogP contribution in [0, 0.1) is 5.92 Å².